The van der Waals surface area contributed by atoms with Crippen molar-refractivity contribution in [3.8, 4) is 0 Å². The second-order valence-electron chi connectivity index (χ2n) is 7.58. The lowest BCUT2D eigenvalue weighted by atomic mass is 10.1. The van der Waals surface area contributed by atoms with Crippen molar-refractivity contribution >= 4 is 42.8 Å². The molecule has 2 saturated heterocycles. The molecule has 1 aromatic heterocycles. The van der Waals surface area contributed by atoms with Crippen LogP contribution in [-0.4, -0.2) is 64.3 Å². The fourth-order valence-electron chi connectivity index (χ4n) is 3.96. The summed E-state index contributed by atoms with van der Waals surface area (Å²) in [7, 11) is -6.85. The Kier molecular flexibility index (Phi) is 5.88. The maximum atomic E-state index is 12.7. The molecular formula is C19H23N3O5S3. The predicted octanol–water partition coefficient (Wildman–Crippen LogP) is 1.54. The summed E-state index contributed by atoms with van der Waals surface area (Å²) in [6.07, 6.45) is 2.08. The molecule has 0 radical (unpaired) electrons. The van der Waals surface area contributed by atoms with Gasteiger partial charge in [0.25, 0.3) is 15.9 Å². The number of amides is 1. The van der Waals surface area contributed by atoms with Crippen molar-refractivity contribution in [1.82, 2.24) is 10.2 Å². The quantitative estimate of drug-likeness (QED) is 0.664. The monoisotopic (exact) mass is 469 g/mol. The minimum Gasteiger partial charge on any atom is -0.347 e. The minimum atomic E-state index is -3.66. The van der Waals surface area contributed by atoms with Crippen molar-refractivity contribution in [2.24, 2.45) is 0 Å². The van der Waals surface area contributed by atoms with Crippen LogP contribution in [0.4, 0.5) is 5.69 Å². The highest BCUT2D eigenvalue weighted by Gasteiger charge is 2.42. The number of likely N-dealkylation sites (tertiary alicyclic amines) is 1. The highest BCUT2D eigenvalue weighted by Crippen LogP contribution is 2.24. The highest BCUT2D eigenvalue weighted by molar-refractivity contribution is 7.94. The second-order valence-corrected chi connectivity index (χ2v) is 12.6. The Bertz CT molecular complexity index is 1110. The first-order valence-corrected chi connectivity index (χ1v) is 13.8. The summed E-state index contributed by atoms with van der Waals surface area (Å²) in [6, 6.07) is 8.61. The van der Waals surface area contributed by atoms with Crippen LogP contribution in [-0.2, 0) is 19.9 Å². The standard InChI is InChI=1S/C19H23N3O5S3/c23-19(20-16-12-29(24,25)13-17(16)22-9-1-2-10-22)14-5-7-15(8-6-14)21-30(26,27)18-4-3-11-28-18/h3-8,11,16-17,21H,1-2,9-10,12-13H2,(H,20,23). The van der Waals surface area contributed by atoms with Crippen molar-refractivity contribution in [1.29, 1.82) is 0 Å². The van der Waals surface area contributed by atoms with Crippen LogP contribution in [0.1, 0.15) is 23.2 Å². The van der Waals surface area contributed by atoms with Crippen molar-refractivity contribution in [3.05, 3.63) is 47.3 Å². The Hall–Kier alpha value is -1.95. The van der Waals surface area contributed by atoms with Crippen LogP contribution in [0.2, 0.25) is 0 Å². The normalized spacial score (nSPS) is 24.0. The topological polar surface area (TPSA) is 113 Å². The molecule has 0 spiro atoms. The third kappa shape index (κ3) is 4.69. The number of benzene rings is 1. The summed E-state index contributed by atoms with van der Waals surface area (Å²) in [5, 5.41) is 4.55. The number of carbonyl (C=O) groups excluding carboxylic acids is 1. The van der Waals surface area contributed by atoms with E-state index in [4.69, 9.17) is 0 Å². The van der Waals surface area contributed by atoms with Crippen LogP contribution in [0, 0.1) is 0 Å². The van der Waals surface area contributed by atoms with Gasteiger partial charge in [0.1, 0.15) is 4.21 Å². The number of hydrogen-bond donors (Lipinski definition) is 2. The number of sulfonamides is 1. The number of nitrogens with one attached hydrogen (secondary N) is 2. The average Bonchev–Trinajstić information content (AvgIpc) is 3.43. The first kappa shape index (κ1) is 21.3. The van der Waals surface area contributed by atoms with Crippen LogP contribution in [0.15, 0.2) is 46.0 Å². The second kappa shape index (κ2) is 8.29. The van der Waals surface area contributed by atoms with Gasteiger partial charge in [0.05, 0.1) is 17.5 Å². The van der Waals surface area contributed by atoms with E-state index in [2.05, 4.69) is 14.9 Å². The van der Waals surface area contributed by atoms with Crippen molar-refractivity contribution in [2.45, 2.75) is 29.1 Å². The van der Waals surface area contributed by atoms with Crippen molar-refractivity contribution < 1.29 is 21.6 Å². The van der Waals surface area contributed by atoms with Gasteiger partial charge in [-0.25, -0.2) is 16.8 Å². The molecule has 11 heteroatoms. The molecular weight excluding hydrogens is 446 g/mol. The zero-order valence-corrected chi connectivity index (χ0v) is 18.6. The summed E-state index contributed by atoms with van der Waals surface area (Å²) in [6.45, 7) is 1.71. The van der Waals surface area contributed by atoms with Crippen LogP contribution in [0.25, 0.3) is 0 Å². The highest BCUT2D eigenvalue weighted by atomic mass is 32.2. The van der Waals surface area contributed by atoms with E-state index in [-0.39, 0.29) is 27.7 Å². The molecule has 2 unspecified atom stereocenters. The fraction of sp³-hybridized carbons (Fsp3) is 0.421. The first-order valence-electron chi connectivity index (χ1n) is 9.65. The first-order chi connectivity index (χ1) is 14.2. The van der Waals surface area contributed by atoms with Crippen molar-refractivity contribution in [2.75, 3.05) is 29.3 Å². The van der Waals surface area contributed by atoms with E-state index in [9.17, 15) is 21.6 Å². The van der Waals surface area contributed by atoms with Gasteiger partial charge < -0.3 is 5.32 Å². The van der Waals surface area contributed by atoms with Crippen LogP contribution >= 0.6 is 11.3 Å². The summed E-state index contributed by atoms with van der Waals surface area (Å²) in [4.78, 5) is 14.8. The van der Waals surface area contributed by atoms with E-state index < -0.39 is 25.9 Å². The number of rotatable bonds is 6. The summed E-state index contributed by atoms with van der Waals surface area (Å²) in [5.41, 5.74) is 0.692. The molecule has 8 nitrogen and oxygen atoms in total. The van der Waals surface area contributed by atoms with E-state index in [1.54, 1.807) is 11.4 Å². The zero-order valence-electron chi connectivity index (χ0n) is 16.2. The molecule has 0 saturated carbocycles. The van der Waals surface area contributed by atoms with E-state index in [0.717, 1.165) is 37.3 Å². The van der Waals surface area contributed by atoms with Crippen LogP contribution < -0.4 is 10.0 Å². The van der Waals surface area contributed by atoms with Gasteiger partial charge in [0.15, 0.2) is 9.84 Å². The molecule has 0 bridgehead atoms. The molecule has 0 aliphatic carbocycles. The molecule has 1 amide bonds. The maximum Gasteiger partial charge on any atom is 0.271 e. The van der Waals surface area contributed by atoms with Gasteiger partial charge in [-0.2, -0.15) is 0 Å². The zero-order chi connectivity index (χ0) is 21.4. The number of carbonyl (C=O) groups is 1. The molecule has 2 N–H and O–H groups in total. The largest absolute Gasteiger partial charge is 0.347 e. The Labute approximate surface area is 180 Å². The van der Waals surface area contributed by atoms with Gasteiger partial charge in [-0.1, -0.05) is 6.07 Å². The Morgan fingerprint density at radius 1 is 1.07 bits per heavy atom. The van der Waals surface area contributed by atoms with Gasteiger partial charge in [-0.15, -0.1) is 11.3 Å². The molecule has 2 atom stereocenters. The van der Waals surface area contributed by atoms with Gasteiger partial charge in [-0.05, 0) is 61.6 Å². The van der Waals surface area contributed by atoms with Gasteiger partial charge in [0, 0.05) is 17.3 Å². The average molecular weight is 470 g/mol. The predicted molar refractivity (Wildman–Crippen MR) is 116 cm³/mol. The maximum absolute atomic E-state index is 12.7. The van der Waals surface area contributed by atoms with E-state index in [1.807, 2.05) is 0 Å². The number of thiophene rings is 1. The van der Waals surface area contributed by atoms with Crippen LogP contribution in [0.5, 0.6) is 0 Å². The number of hydrogen-bond acceptors (Lipinski definition) is 7. The Morgan fingerprint density at radius 3 is 2.40 bits per heavy atom. The molecule has 2 aliphatic rings. The number of nitrogens with zero attached hydrogens (tertiary/aromatic N) is 1. The lowest BCUT2D eigenvalue weighted by molar-refractivity contribution is 0.0918. The molecule has 2 fully saturated rings. The van der Waals surface area contributed by atoms with Gasteiger partial charge in [0.2, 0.25) is 0 Å². The number of sulfone groups is 1. The van der Waals surface area contributed by atoms with Gasteiger partial charge in [-0.3, -0.25) is 14.4 Å². The Morgan fingerprint density at radius 2 is 1.77 bits per heavy atom. The van der Waals surface area contributed by atoms with E-state index in [0.29, 0.717) is 11.3 Å². The van der Waals surface area contributed by atoms with E-state index in [1.165, 1.54) is 30.3 Å². The lowest BCUT2D eigenvalue weighted by Crippen LogP contribution is -2.50. The molecule has 2 aromatic rings. The Balaban J connectivity index is 1.43. The molecule has 162 valence electrons. The summed E-state index contributed by atoms with van der Waals surface area (Å²) in [5.74, 6) is -0.353. The fourth-order valence-corrected chi connectivity index (χ4v) is 7.97. The smallest absolute Gasteiger partial charge is 0.271 e. The molecule has 2 aliphatic heterocycles. The van der Waals surface area contributed by atoms with E-state index >= 15 is 0 Å². The lowest BCUT2D eigenvalue weighted by Gasteiger charge is -2.28. The molecule has 1 aromatic carbocycles. The van der Waals surface area contributed by atoms with Crippen molar-refractivity contribution in [3.63, 3.8) is 0 Å². The van der Waals surface area contributed by atoms with Gasteiger partial charge >= 0.3 is 0 Å². The minimum absolute atomic E-state index is 0.0569. The molecule has 3 heterocycles. The number of anilines is 1. The SMILES string of the molecule is O=C(NC1CS(=O)(=O)CC1N1CCCC1)c1ccc(NS(=O)(=O)c2cccs2)cc1. The third-order valence-corrected chi connectivity index (χ3v) is 9.90. The molecule has 4 rings (SSSR count). The summed E-state index contributed by atoms with van der Waals surface area (Å²) >= 11 is 1.12. The van der Waals surface area contributed by atoms with Crippen LogP contribution in [0.3, 0.4) is 0 Å². The third-order valence-electron chi connectivity index (χ3n) is 5.41. The summed E-state index contributed by atoms with van der Waals surface area (Å²) < 4.78 is 51.6. The molecule has 30 heavy (non-hydrogen) atoms.